The maximum absolute atomic E-state index is 11.7. The minimum absolute atomic E-state index is 0.194. The summed E-state index contributed by atoms with van der Waals surface area (Å²) >= 11 is 0. The molecule has 1 fully saturated rings. The summed E-state index contributed by atoms with van der Waals surface area (Å²) in [5, 5.41) is 7.86. The van der Waals surface area contributed by atoms with Crippen molar-refractivity contribution in [2.75, 3.05) is 0 Å². The third kappa shape index (κ3) is 1.19. The molecule has 0 heterocycles. The second kappa shape index (κ2) is 2.19. The molecule has 1 aliphatic rings. The lowest BCUT2D eigenvalue weighted by atomic mass is 10.2. The van der Waals surface area contributed by atoms with Gasteiger partial charge in [-0.3, -0.25) is 0 Å². The molecule has 0 radical (unpaired) electrons. The van der Waals surface area contributed by atoms with E-state index in [-0.39, 0.29) is 12.8 Å². The van der Waals surface area contributed by atoms with E-state index in [1.54, 1.807) is 0 Å². The molecule has 1 rings (SSSR count). The van der Waals surface area contributed by atoms with Gasteiger partial charge in [0.15, 0.2) is 5.72 Å². The number of halogens is 2. The van der Waals surface area contributed by atoms with Crippen molar-refractivity contribution < 1.29 is 14.1 Å². The standard InChI is InChI=1S/C5H9F2NO/c6-8(7)5(9)3-1-2-4-5/h9H,1-4H2. The molecule has 0 amide bonds. The van der Waals surface area contributed by atoms with Crippen LogP contribution in [-0.2, 0) is 0 Å². The molecule has 0 aromatic rings. The number of rotatable bonds is 1. The Morgan fingerprint density at radius 2 is 1.67 bits per heavy atom. The molecular weight excluding hydrogens is 128 g/mol. The second-order valence-electron chi connectivity index (χ2n) is 2.42. The minimum atomic E-state index is -1.81. The van der Waals surface area contributed by atoms with Gasteiger partial charge in [-0.1, -0.05) is 8.96 Å². The molecule has 0 saturated heterocycles. The average molecular weight is 137 g/mol. The predicted molar refractivity (Wildman–Crippen MR) is 27.5 cm³/mol. The van der Waals surface area contributed by atoms with Crippen LogP contribution in [0.3, 0.4) is 0 Å². The molecule has 2 nitrogen and oxygen atoms in total. The van der Waals surface area contributed by atoms with E-state index in [0.29, 0.717) is 12.8 Å². The van der Waals surface area contributed by atoms with E-state index in [4.69, 9.17) is 5.11 Å². The summed E-state index contributed by atoms with van der Waals surface area (Å²) in [6.07, 6.45) is 1.78. The van der Waals surface area contributed by atoms with Crippen molar-refractivity contribution in [1.82, 2.24) is 5.34 Å². The van der Waals surface area contributed by atoms with Gasteiger partial charge in [0.1, 0.15) is 0 Å². The number of aliphatic hydroxyl groups is 1. The van der Waals surface area contributed by atoms with Crippen molar-refractivity contribution in [3.8, 4) is 0 Å². The van der Waals surface area contributed by atoms with E-state index in [2.05, 4.69) is 0 Å². The molecule has 0 aromatic carbocycles. The van der Waals surface area contributed by atoms with E-state index in [9.17, 15) is 8.96 Å². The number of hydrogen-bond donors (Lipinski definition) is 1. The lowest BCUT2D eigenvalue weighted by Gasteiger charge is -2.20. The van der Waals surface area contributed by atoms with Crippen LogP contribution in [0.1, 0.15) is 25.7 Å². The van der Waals surface area contributed by atoms with Crippen LogP contribution in [0.25, 0.3) is 0 Å². The van der Waals surface area contributed by atoms with Gasteiger partial charge < -0.3 is 5.11 Å². The fourth-order valence-electron chi connectivity index (χ4n) is 1.11. The van der Waals surface area contributed by atoms with Crippen molar-refractivity contribution in [3.05, 3.63) is 0 Å². The quantitative estimate of drug-likeness (QED) is 0.435. The summed E-state index contributed by atoms with van der Waals surface area (Å²) in [4.78, 5) is 0. The summed E-state index contributed by atoms with van der Waals surface area (Å²) in [6, 6.07) is 0. The first-order valence-corrected chi connectivity index (χ1v) is 2.99. The highest BCUT2D eigenvalue weighted by atomic mass is 19.4. The summed E-state index contributed by atoms with van der Waals surface area (Å²) in [7, 11) is 0. The fourth-order valence-corrected chi connectivity index (χ4v) is 1.11. The van der Waals surface area contributed by atoms with Crippen molar-refractivity contribution in [3.63, 3.8) is 0 Å². The molecule has 54 valence electrons. The second-order valence-corrected chi connectivity index (χ2v) is 2.42. The zero-order chi connectivity index (χ0) is 6.91. The van der Waals surface area contributed by atoms with Crippen molar-refractivity contribution in [2.24, 2.45) is 0 Å². The van der Waals surface area contributed by atoms with E-state index in [0.717, 1.165) is 0 Å². The number of nitrogens with zero attached hydrogens (tertiary/aromatic N) is 1. The van der Waals surface area contributed by atoms with Crippen LogP contribution in [0.4, 0.5) is 8.96 Å². The first-order valence-electron chi connectivity index (χ1n) is 2.99. The van der Waals surface area contributed by atoms with Crippen molar-refractivity contribution >= 4 is 0 Å². The molecule has 0 aromatic heterocycles. The molecule has 0 unspecified atom stereocenters. The molecule has 0 aliphatic heterocycles. The Labute approximate surface area is 51.9 Å². The zero-order valence-corrected chi connectivity index (χ0v) is 4.98. The largest absolute Gasteiger partial charge is 0.371 e. The van der Waals surface area contributed by atoms with E-state index in [1.165, 1.54) is 0 Å². The van der Waals surface area contributed by atoms with Crippen molar-refractivity contribution in [1.29, 1.82) is 0 Å². The van der Waals surface area contributed by atoms with Gasteiger partial charge in [-0.15, -0.1) is 0 Å². The molecule has 0 bridgehead atoms. The highest BCUT2D eigenvalue weighted by molar-refractivity contribution is 4.77. The summed E-state index contributed by atoms with van der Waals surface area (Å²) in [5.41, 5.74) is -1.81. The molecular formula is C5H9F2NO. The van der Waals surface area contributed by atoms with Gasteiger partial charge in [-0.25, -0.2) is 0 Å². The molecule has 9 heavy (non-hydrogen) atoms. The first kappa shape index (κ1) is 6.89. The lowest BCUT2D eigenvalue weighted by molar-refractivity contribution is -0.305. The highest BCUT2D eigenvalue weighted by Crippen LogP contribution is 2.32. The Balaban J connectivity index is 2.51. The van der Waals surface area contributed by atoms with Crippen LogP contribution in [0, 0.1) is 0 Å². The topological polar surface area (TPSA) is 23.5 Å². The molecule has 1 N–H and O–H groups in total. The van der Waals surface area contributed by atoms with Gasteiger partial charge in [0.25, 0.3) is 0 Å². The maximum Gasteiger partial charge on any atom is 0.178 e. The molecule has 0 atom stereocenters. The van der Waals surface area contributed by atoms with Crippen LogP contribution in [0.5, 0.6) is 0 Å². The Morgan fingerprint density at radius 3 is 1.89 bits per heavy atom. The Hall–Kier alpha value is -0.220. The monoisotopic (exact) mass is 137 g/mol. The summed E-state index contributed by atoms with van der Waals surface area (Å²) in [5.74, 6) is 0. The van der Waals surface area contributed by atoms with Crippen LogP contribution < -0.4 is 0 Å². The van der Waals surface area contributed by atoms with Crippen LogP contribution in [-0.4, -0.2) is 16.2 Å². The van der Waals surface area contributed by atoms with Gasteiger partial charge in [-0.05, 0) is 25.7 Å². The van der Waals surface area contributed by atoms with Gasteiger partial charge >= 0.3 is 0 Å². The molecule has 0 spiro atoms. The maximum atomic E-state index is 11.7. The Kier molecular flexibility index (Phi) is 1.68. The SMILES string of the molecule is OC1(N(F)F)CCCC1. The molecule has 4 heteroatoms. The predicted octanol–water partition coefficient (Wildman–Crippen LogP) is 1.32. The van der Waals surface area contributed by atoms with Gasteiger partial charge in [-0.2, -0.15) is 0 Å². The van der Waals surface area contributed by atoms with Crippen LogP contribution in [0.15, 0.2) is 0 Å². The Bertz CT molecular complexity index is 101. The van der Waals surface area contributed by atoms with Gasteiger partial charge in [0.2, 0.25) is 0 Å². The number of hydrogen-bond acceptors (Lipinski definition) is 2. The lowest BCUT2D eigenvalue weighted by Crippen LogP contribution is -2.35. The molecule has 1 saturated carbocycles. The third-order valence-electron chi connectivity index (χ3n) is 1.72. The minimum Gasteiger partial charge on any atom is -0.371 e. The van der Waals surface area contributed by atoms with E-state index < -0.39 is 11.1 Å². The first-order chi connectivity index (χ1) is 4.15. The van der Waals surface area contributed by atoms with Gasteiger partial charge in [0.05, 0.1) is 5.34 Å². The van der Waals surface area contributed by atoms with E-state index in [1.807, 2.05) is 0 Å². The van der Waals surface area contributed by atoms with Crippen LogP contribution >= 0.6 is 0 Å². The van der Waals surface area contributed by atoms with Gasteiger partial charge in [0, 0.05) is 0 Å². The Morgan fingerprint density at radius 1 is 1.22 bits per heavy atom. The highest BCUT2D eigenvalue weighted by Gasteiger charge is 2.39. The molecule has 1 aliphatic carbocycles. The summed E-state index contributed by atoms with van der Waals surface area (Å²) < 4.78 is 23.4. The fraction of sp³-hybridized carbons (Fsp3) is 1.00. The zero-order valence-electron chi connectivity index (χ0n) is 4.98. The van der Waals surface area contributed by atoms with Crippen molar-refractivity contribution in [2.45, 2.75) is 31.4 Å². The third-order valence-corrected chi connectivity index (χ3v) is 1.72. The van der Waals surface area contributed by atoms with Crippen LogP contribution in [0.2, 0.25) is 0 Å². The normalized spacial score (nSPS) is 25.3. The average Bonchev–Trinajstić information content (AvgIpc) is 2.16. The smallest absolute Gasteiger partial charge is 0.178 e. The summed E-state index contributed by atoms with van der Waals surface area (Å²) in [6.45, 7) is 0. The van der Waals surface area contributed by atoms with E-state index >= 15 is 0 Å².